The van der Waals surface area contributed by atoms with Gasteiger partial charge in [0.05, 0.1) is 6.04 Å². The van der Waals surface area contributed by atoms with Crippen molar-refractivity contribution in [1.82, 2.24) is 5.32 Å². The van der Waals surface area contributed by atoms with Crippen molar-refractivity contribution < 1.29 is 9.53 Å². The summed E-state index contributed by atoms with van der Waals surface area (Å²) in [7, 11) is 0. The average molecular weight is 207 g/mol. The molecule has 2 aliphatic rings. The Morgan fingerprint density at radius 3 is 3.07 bits per heavy atom. The highest BCUT2D eigenvalue weighted by atomic mass is 16.6. The minimum absolute atomic E-state index is 0.0180. The number of cyclic esters (lactones) is 1. The van der Waals surface area contributed by atoms with Gasteiger partial charge in [-0.3, -0.25) is 0 Å². The average Bonchev–Trinajstić information content (AvgIpc) is 2.45. The summed E-state index contributed by atoms with van der Waals surface area (Å²) in [6.07, 6.45) is 11.6. The molecule has 0 aromatic heterocycles. The molecule has 0 aromatic rings. The second-order valence-corrected chi connectivity index (χ2v) is 4.19. The van der Waals surface area contributed by atoms with Crippen LogP contribution in [0.25, 0.3) is 0 Å². The van der Waals surface area contributed by atoms with E-state index in [1.54, 1.807) is 0 Å². The molecule has 3 atom stereocenters. The highest BCUT2D eigenvalue weighted by Gasteiger charge is 2.34. The van der Waals surface area contributed by atoms with Crippen molar-refractivity contribution in [1.29, 1.82) is 0 Å². The van der Waals surface area contributed by atoms with Gasteiger partial charge in [-0.05, 0) is 26.2 Å². The first-order valence-corrected chi connectivity index (χ1v) is 5.58. The fourth-order valence-electron chi connectivity index (χ4n) is 2.23. The van der Waals surface area contributed by atoms with Gasteiger partial charge in [0.25, 0.3) is 0 Å². The molecule has 1 saturated heterocycles. The van der Waals surface area contributed by atoms with Gasteiger partial charge in [-0.1, -0.05) is 24.3 Å². The van der Waals surface area contributed by atoms with Crippen molar-refractivity contribution in [2.24, 2.45) is 5.92 Å². The molecule has 0 aromatic carbocycles. The van der Waals surface area contributed by atoms with Crippen LogP contribution in [-0.2, 0) is 4.74 Å². The maximum absolute atomic E-state index is 11.1. The third-order valence-electron chi connectivity index (χ3n) is 3.06. The number of rotatable bonds is 1. The quantitative estimate of drug-likeness (QED) is 0.717. The largest absolute Gasteiger partial charge is 0.444 e. The van der Waals surface area contributed by atoms with Crippen LogP contribution >= 0.6 is 0 Å². The first-order chi connectivity index (χ1) is 7.27. The monoisotopic (exact) mass is 207 g/mol. The molecular formula is C12H17NO2. The summed E-state index contributed by atoms with van der Waals surface area (Å²) in [5.41, 5.74) is 0. The van der Waals surface area contributed by atoms with E-state index in [0.717, 1.165) is 12.8 Å². The highest BCUT2D eigenvalue weighted by molar-refractivity contribution is 5.70. The maximum atomic E-state index is 11.1. The van der Waals surface area contributed by atoms with Crippen LogP contribution in [-0.4, -0.2) is 18.2 Å². The molecule has 1 amide bonds. The summed E-state index contributed by atoms with van der Waals surface area (Å²) >= 11 is 0. The number of hydrogen-bond acceptors (Lipinski definition) is 2. The van der Waals surface area contributed by atoms with Crippen molar-refractivity contribution in [3.05, 3.63) is 24.3 Å². The van der Waals surface area contributed by atoms with E-state index in [2.05, 4.69) is 29.6 Å². The number of amides is 1. The zero-order chi connectivity index (χ0) is 10.7. The second kappa shape index (κ2) is 4.51. The van der Waals surface area contributed by atoms with Gasteiger partial charge in [0.15, 0.2) is 0 Å². The Hall–Kier alpha value is -1.25. The molecule has 1 aliphatic heterocycles. The van der Waals surface area contributed by atoms with Crippen LogP contribution in [0.3, 0.4) is 0 Å². The molecule has 0 spiro atoms. The Kier molecular flexibility index (Phi) is 3.09. The third kappa shape index (κ3) is 2.41. The Balaban J connectivity index is 2.05. The van der Waals surface area contributed by atoms with Gasteiger partial charge in [-0.15, -0.1) is 0 Å². The van der Waals surface area contributed by atoms with Crippen LogP contribution < -0.4 is 5.32 Å². The summed E-state index contributed by atoms with van der Waals surface area (Å²) in [6.45, 7) is 1.95. The van der Waals surface area contributed by atoms with Gasteiger partial charge in [-0.25, -0.2) is 4.79 Å². The molecule has 1 fully saturated rings. The maximum Gasteiger partial charge on any atom is 0.407 e. The van der Waals surface area contributed by atoms with Crippen LogP contribution in [0.5, 0.6) is 0 Å². The van der Waals surface area contributed by atoms with Gasteiger partial charge in [0, 0.05) is 5.92 Å². The minimum atomic E-state index is -0.279. The van der Waals surface area contributed by atoms with Crippen molar-refractivity contribution in [3.63, 3.8) is 0 Å². The van der Waals surface area contributed by atoms with E-state index in [9.17, 15) is 4.79 Å². The number of nitrogens with one attached hydrogen (secondary N) is 1. The normalized spacial score (nSPS) is 35.5. The van der Waals surface area contributed by atoms with E-state index < -0.39 is 0 Å². The lowest BCUT2D eigenvalue weighted by Gasteiger charge is -2.22. The second-order valence-electron chi connectivity index (χ2n) is 4.19. The molecule has 2 rings (SSSR count). The van der Waals surface area contributed by atoms with Gasteiger partial charge in [-0.2, -0.15) is 0 Å². The van der Waals surface area contributed by atoms with E-state index >= 15 is 0 Å². The van der Waals surface area contributed by atoms with Crippen molar-refractivity contribution >= 4 is 6.09 Å². The minimum Gasteiger partial charge on any atom is -0.444 e. The van der Waals surface area contributed by atoms with Crippen LogP contribution in [0, 0.1) is 5.92 Å². The lowest BCUT2D eigenvalue weighted by molar-refractivity contribution is 0.135. The topological polar surface area (TPSA) is 38.3 Å². The molecular weight excluding hydrogens is 190 g/mol. The van der Waals surface area contributed by atoms with Crippen LogP contribution in [0.2, 0.25) is 0 Å². The lowest BCUT2D eigenvalue weighted by atomic mass is 9.89. The van der Waals surface area contributed by atoms with Gasteiger partial charge >= 0.3 is 6.09 Å². The molecule has 0 bridgehead atoms. The zero-order valence-corrected chi connectivity index (χ0v) is 8.98. The summed E-state index contributed by atoms with van der Waals surface area (Å²) < 4.78 is 5.10. The molecule has 0 saturated carbocycles. The highest BCUT2D eigenvalue weighted by Crippen LogP contribution is 2.23. The van der Waals surface area contributed by atoms with E-state index in [0.29, 0.717) is 5.92 Å². The molecule has 3 nitrogen and oxygen atoms in total. The van der Waals surface area contributed by atoms with Crippen LogP contribution in [0.4, 0.5) is 4.79 Å². The first kappa shape index (κ1) is 10.3. The lowest BCUT2D eigenvalue weighted by Crippen LogP contribution is -2.37. The fourth-order valence-corrected chi connectivity index (χ4v) is 2.23. The van der Waals surface area contributed by atoms with Gasteiger partial charge in [0.1, 0.15) is 6.10 Å². The molecule has 15 heavy (non-hydrogen) atoms. The number of ether oxygens (including phenoxy) is 1. The van der Waals surface area contributed by atoms with Gasteiger partial charge in [0.2, 0.25) is 0 Å². The standard InChI is InChI=1S/C12H17NO2/c1-9-11(13-12(14)15-9)10-7-5-3-2-4-6-8-10/h2-3,5,7,9-11H,4,6,8H2,1H3,(H,13,14). The molecule has 0 radical (unpaired) electrons. The Morgan fingerprint density at radius 2 is 2.33 bits per heavy atom. The van der Waals surface area contributed by atoms with Crippen LogP contribution in [0.1, 0.15) is 26.2 Å². The predicted molar refractivity (Wildman–Crippen MR) is 58.5 cm³/mol. The van der Waals surface area contributed by atoms with Gasteiger partial charge < -0.3 is 10.1 Å². The SMILES string of the molecule is CC1OC(=O)NC1C1C=CC=CCCC1. The zero-order valence-electron chi connectivity index (χ0n) is 8.98. The van der Waals surface area contributed by atoms with Crippen LogP contribution in [0.15, 0.2) is 24.3 Å². The van der Waals surface area contributed by atoms with E-state index in [4.69, 9.17) is 4.74 Å². The van der Waals surface area contributed by atoms with E-state index in [1.165, 1.54) is 6.42 Å². The van der Waals surface area contributed by atoms with Crippen molar-refractivity contribution in [2.75, 3.05) is 0 Å². The molecule has 1 aliphatic carbocycles. The molecule has 1 heterocycles. The number of allylic oxidation sites excluding steroid dienone is 3. The smallest absolute Gasteiger partial charge is 0.407 e. The van der Waals surface area contributed by atoms with Crippen molar-refractivity contribution in [3.8, 4) is 0 Å². The third-order valence-corrected chi connectivity index (χ3v) is 3.06. The summed E-state index contributed by atoms with van der Waals surface area (Å²) in [5, 5.41) is 2.89. The first-order valence-electron chi connectivity index (χ1n) is 5.58. The summed E-state index contributed by atoms with van der Waals surface area (Å²) in [6, 6.07) is 0.139. The summed E-state index contributed by atoms with van der Waals surface area (Å²) in [5.74, 6) is 0.399. The Bertz CT molecular complexity index is 296. The van der Waals surface area contributed by atoms with E-state index in [1.807, 2.05) is 6.92 Å². The molecule has 3 heteroatoms. The summed E-state index contributed by atoms with van der Waals surface area (Å²) in [4.78, 5) is 11.1. The molecule has 82 valence electrons. The number of carbonyl (C=O) groups excluding carboxylic acids is 1. The molecule has 3 unspecified atom stereocenters. The number of hydrogen-bond donors (Lipinski definition) is 1. The number of carbonyl (C=O) groups is 1. The molecule has 1 N–H and O–H groups in total. The van der Waals surface area contributed by atoms with E-state index in [-0.39, 0.29) is 18.2 Å². The Morgan fingerprint density at radius 1 is 1.47 bits per heavy atom. The predicted octanol–water partition coefficient (Wildman–Crippen LogP) is 2.40. The number of alkyl carbamates (subject to hydrolysis) is 1. The fraction of sp³-hybridized carbons (Fsp3) is 0.583. The van der Waals surface area contributed by atoms with Crippen molar-refractivity contribution in [2.45, 2.75) is 38.3 Å². The Labute approximate surface area is 90.2 Å².